The Labute approximate surface area is 94.7 Å². The normalized spacial score (nSPS) is 12.7. The summed E-state index contributed by atoms with van der Waals surface area (Å²) in [6.07, 6.45) is 3.67. The number of anilines is 1. The van der Waals surface area contributed by atoms with Crippen molar-refractivity contribution in [3.63, 3.8) is 0 Å². The van der Waals surface area contributed by atoms with E-state index in [-0.39, 0.29) is 0 Å². The number of rotatable bonds is 3. The molecule has 0 atom stereocenters. The lowest BCUT2D eigenvalue weighted by atomic mass is 10.5. The largest absolute Gasteiger partial charge is 0.423 e. The number of aromatic nitrogens is 2. The summed E-state index contributed by atoms with van der Waals surface area (Å²) in [4.78, 5) is 0. The zero-order valence-corrected chi connectivity index (χ0v) is 12.6. The topological polar surface area (TPSA) is 29.0 Å². The number of nitrogens with zero attached hydrogens (tertiary/aromatic N) is 3. The molecule has 0 aliphatic heterocycles. The molecule has 1 rings (SSSR count). The van der Waals surface area contributed by atoms with Gasteiger partial charge >= 0.3 is 0 Å². The van der Waals surface area contributed by atoms with Crippen LogP contribution in [0, 0.1) is 0 Å². The average Bonchev–Trinajstić information content (AvgIpc) is 2.00. The van der Waals surface area contributed by atoms with Gasteiger partial charge in [0, 0.05) is 5.69 Å². The molecule has 0 aliphatic rings. The van der Waals surface area contributed by atoms with E-state index in [9.17, 15) is 0 Å². The second-order valence-corrected chi connectivity index (χ2v) is 15.8. The molecule has 0 fully saturated rings. The fraction of sp³-hybridized carbons (Fsp3) is 0.600. The van der Waals surface area contributed by atoms with E-state index in [1.165, 1.54) is 5.69 Å². The molecule has 0 spiro atoms. The first-order chi connectivity index (χ1) is 6.73. The average molecular weight is 239 g/mol. The SMILES string of the molecule is C[Si](C)(C)N(c1ccnnc1)[Si](C)(C)C. The summed E-state index contributed by atoms with van der Waals surface area (Å²) < 4.78 is 2.63. The minimum Gasteiger partial charge on any atom is -0.423 e. The smallest absolute Gasteiger partial charge is 0.138 e. The molecule has 0 radical (unpaired) electrons. The monoisotopic (exact) mass is 239 g/mol. The molecule has 84 valence electrons. The van der Waals surface area contributed by atoms with Gasteiger partial charge in [-0.1, -0.05) is 39.3 Å². The molecule has 1 aromatic rings. The van der Waals surface area contributed by atoms with Crippen molar-refractivity contribution < 1.29 is 0 Å². The van der Waals surface area contributed by atoms with Gasteiger partial charge in [-0.15, -0.1) is 0 Å². The molecule has 0 saturated carbocycles. The Hall–Kier alpha value is -0.686. The van der Waals surface area contributed by atoms with Crippen molar-refractivity contribution in [1.82, 2.24) is 10.2 Å². The Kier molecular flexibility index (Phi) is 3.35. The first-order valence-corrected chi connectivity index (χ1v) is 12.2. The van der Waals surface area contributed by atoms with Gasteiger partial charge in [-0.25, -0.2) is 0 Å². The molecule has 15 heavy (non-hydrogen) atoms. The van der Waals surface area contributed by atoms with E-state index in [0.29, 0.717) is 0 Å². The molecule has 0 aliphatic carbocycles. The fourth-order valence-electron chi connectivity index (χ4n) is 2.20. The maximum atomic E-state index is 3.99. The summed E-state index contributed by atoms with van der Waals surface area (Å²) in [6.45, 7) is 14.3. The van der Waals surface area contributed by atoms with Crippen molar-refractivity contribution in [3.8, 4) is 0 Å². The zero-order chi connectivity index (χ0) is 11.7. The van der Waals surface area contributed by atoms with Gasteiger partial charge in [-0.2, -0.15) is 10.2 Å². The van der Waals surface area contributed by atoms with Crippen LogP contribution < -0.4 is 4.23 Å². The first-order valence-electron chi connectivity index (χ1n) is 5.30. The van der Waals surface area contributed by atoms with Crippen LogP contribution in [-0.4, -0.2) is 26.7 Å². The minimum absolute atomic E-state index is 1.24. The lowest BCUT2D eigenvalue weighted by Crippen LogP contribution is -2.59. The predicted molar refractivity (Wildman–Crippen MR) is 71.2 cm³/mol. The molecule has 5 heteroatoms. The third-order valence-corrected chi connectivity index (χ3v) is 9.39. The van der Waals surface area contributed by atoms with Crippen LogP contribution in [-0.2, 0) is 0 Å². The first kappa shape index (κ1) is 12.4. The second kappa shape index (κ2) is 4.05. The van der Waals surface area contributed by atoms with Crippen molar-refractivity contribution in [2.24, 2.45) is 0 Å². The predicted octanol–water partition coefficient (Wildman–Crippen LogP) is 2.95. The molecule has 0 unspecified atom stereocenters. The molecule has 3 nitrogen and oxygen atoms in total. The highest BCUT2D eigenvalue weighted by Crippen LogP contribution is 2.26. The third-order valence-electron chi connectivity index (χ3n) is 2.17. The van der Waals surface area contributed by atoms with Crippen molar-refractivity contribution in [1.29, 1.82) is 0 Å². The molecular formula is C10H21N3Si2. The van der Waals surface area contributed by atoms with Gasteiger partial charge in [0.05, 0.1) is 12.4 Å². The molecule has 0 bridgehead atoms. The second-order valence-electron chi connectivity index (χ2n) is 5.78. The van der Waals surface area contributed by atoms with Crippen LogP contribution in [0.1, 0.15) is 0 Å². The van der Waals surface area contributed by atoms with Gasteiger partial charge in [0.2, 0.25) is 0 Å². The standard InChI is InChI=1S/C10H21N3Si2/c1-14(2,3)13(15(4,5)6)10-7-8-11-12-9-10/h7-9H,1-6H3. The van der Waals surface area contributed by atoms with Crippen molar-refractivity contribution >= 4 is 22.2 Å². The van der Waals surface area contributed by atoms with Crippen LogP contribution in [0.4, 0.5) is 5.69 Å². The van der Waals surface area contributed by atoms with E-state index < -0.39 is 16.5 Å². The van der Waals surface area contributed by atoms with Crippen molar-refractivity contribution in [2.75, 3.05) is 4.23 Å². The van der Waals surface area contributed by atoms with Crippen LogP contribution in [0.3, 0.4) is 0 Å². The van der Waals surface area contributed by atoms with Crippen molar-refractivity contribution in [2.45, 2.75) is 39.3 Å². The van der Waals surface area contributed by atoms with Gasteiger partial charge in [0.1, 0.15) is 16.5 Å². The maximum Gasteiger partial charge on any atom is 0.138 e. The van der Waals surface area contributed by atoms with Gasteiger partial charge in [0.15, 0.2) is 0 Å². The van der Waals surface area contributed by atoms with E-state index in [2.05, 4.69) is 59.8 Å². The molecule has 0 aromatic carbocycles. The summed E-state index contributed by atoms with van der Waals surface area (Å²) in [5.41, 5.74) is 1.24. The lowest BCUT2D eigenvalue weighted by Gasteiger charge is -2.45. The quantitative estimate of drug-likeness (QED) is 0.760. The minimum atomic E-state index is -1.34. The highest BCUT2D eigenvalue weighted by atomic mass is 28.4. The van der Waals surface area contributed by atoms with Gasteiger partial charge in [-0.05, 0) is 6.07 Å². The van der Waals surface area contributed by atoms with E-state index in [1.54, 1.807) is 6.20 Å². The van der Waals surface area contributed by atoms with E-state index >= 15 is 0 Å². The summed E-state index contributed by atoms with van der Waals surface area (Å²) in [5, 5.41) is 7.83. The Morgan fingerprint density at radius 3 is 1.80 bits per heavy atom. The van der Waals surface area contributed by atoms with E-state index in [4.69, 9.17) is 0 Å². The van der Waals surface area contributed by atoms with Crippen LogP contribution >= 0.6 is 0 Å². The highest BCUT2D eigenvalue weighted by Gasteiger charge is 2.34. The molecule has 0 saturated heterocycles. The third kappa shape index (κ3) is 3.14. The van der Waals surface area contributed by atoms with Crippen LogP contribution in [0.15, 0.2) is 18.5 Å². The van der Waals surface area contributed by atoms with Crippen LogP contribution in [0.25, 0.3) is 0 Å². The molecular weight excluding hydrogens is 218 g/mol. The van der Waals surface area contributed by atoms with Gasteiger partial charge < -0.3 is 4.23 Å². The van der Waals surface area contributed by atoms with Gasteiger partial charge in [0.25, 0.3) is 0 Å². The Bertz CT molecular complexity index is 300. The summed E-state index contributed by atoms with van der Waals surface area (Å²) in [6, 6.07) is 2.07. The van der Waals surface area contributed by atoms with E-state index in [0.717, 1.165) is 0 Å². The Morgan fingerprint density at radius 1 is 0.933 bits per heavy atom. The highest BCUT2D eigenvalue weighted by molar-refractivity contribution is 6.99. The molecule has 0 amide bonds. The Morgan fingerprint density at radius 2 is 1.47 bits per heavy atom. The summed E-state index contributed by atoms with van der Waals surface area (Å²) >= 11 is 0. The van der Waals surface area contributed by atoms with Crippen molar-refractivity contribution in [3.05, 3.63) is 18.5 Å². The number of hydrogen-bond acceptors (Lipinski definition) is 3. The molecule has 1 aromatic heterocycles. The van der Waals surface area contributed by atoms with Crippen LogP contribution in [0.2, 0.25) is 39.3 Å². The molecule has 1 heterocycles. The Balaban J connectivity index is 3.15. The zero-order valence-electron chi connectivity index (χ0n) is 10.6. The number of hydrogen-bond donors (Lipinski definition) is 0. The lowest BCUT2D eigenvalue weighted by molar-refractivity contribution is 1.03. The van der Waals surface area contributed by atoms with Crippen LogP contribution in [0.5, 0.6) is 0 Å². The summed E-state index contributed by atoms with van der Waals surface area (Å²) in [7, 11) is -2.67. The maximum absolute atomic E-state index is 3.99. The van der Waals surface area contributed by atoms with E-state index in [1.807, 2.05) is 6.20 Å². The van der Waals surface area contributed by atoms with Gasteiger partial charge in [-0.3, -0.25) is 0 Å². The molecule has 0 N–H and O–H groups in total. The summed E-state index contributed by atoms with van der Waals surface area (Å²) in [5.74, 6) is 0. The fourth-order valence-corrected chi connectivity index (χ4v) is 12.1.